The van der Waals surface area contributed by atoms with Gasteiger partial charge in [0.1, 0.15) is 5.82 Å². The van der Waals surface area contributed by atoms with Gasteiger partial charge < -0.3 is 19.9 Å². The molecular weight excluding hydrogens is 346 g/mol. The molecule has 0 aliphatic carbocycles. The van der Waals surface area contributed by atoms with Gasteiger partial charge in [0.25, 0.3) is 0 Å². The number of rotatable bonds is 4. The predicted octanol–water partition coefficient (Wildman–Crippen LogP) is 3.70. The fourth-order valence-corrected chi connectivity index (χ4v) is 2.89. The van der Waals surface area contributed by atoms with Crippen LogP contribution >= 0.6 is 0 Å². The third-order valence-corrected chi connectivity index (χ3v) is 4.21. The van der Waals surface area contributed by atoms with Crippen LogP contribution < -0.4 is 4.74 Å². The number of hydrogen-bond acceptors (Lipinski definition) is 5. The number of carboxylic acid groups (broad SMARTS) is 1. The van der Waals surface area contributed by atoms with Crippen LogP contribution in [-0.4, -0.2) is 38.2 Å². The van der Waals surface area contributed by atoms with Gasteiger partial charge in [-0.15, -0.1) is 0 Å². The summed E-state index contributed by atoms with van der Waals surface area (Å²) in [6, 6.07) is 15.6. The summed E-state index contributed by atoms with van der Waals surface area (Å²) in [6.45, 7) is 0. The first kappa shape index (κ1) is 16.6. The lowest BCUT2D eigenvalue weighted by Gasteiger charge is -2.07. The van der Waals surface area contributed by atoms with Crippen molar-refractivity contribution in [3.05, 3.63) is 60.2 Å². The van der Waals surface area contributed by atoms with Gasteiger partial charge in [-0.2, -0.15) is 0 Å². The van der Waals surface area contributed by atoms with Gasteiger partial charge in [0.15, 0.2) is 17.1 Å². The number of methoxy groups -OCH3 is 1. The normalized spacial score (nSPS) is 10.9. The molecule has 4 aromatic rings. The predicted molar refractivity (Wildman–Crippen MR) is 99.9 cm³/mol. The van der Waals surface area contributed by atoms with Crippen LogP contribution in [0.5, 0.6) is 11.5 Å². The van der Waals surface area contributed by atoms with E-state index >= 15 is 0 Å². The standard InChI is InChI=1S/C20H15N3O4/c1-27-16-8-7-12(9-15(16)24)14-10-13(20(25)26)17-19(21-14)23-18(22-17)11-5-3-2-4-6-11/h2-10,24H,1H3,(H,25,26)(H,21,22,23). The zero-order chi connectivity index (χ0) is 19.0. The summed E-state index contributed by atoms with van der Waals surface area (Å²) < 4.78 is 5.04. The molecule has 0 amide bonds. The smallest absolute Gasteiger partial charge is 0.338 e. The van der Waals surface area contributed by atoms with Crippen molar-refractivity contribution in [2.45, 2.75) is 0 Å². The van der Waals surface area contributed by atoms with Gasteiger partial charge in [0, 0.05) is 11.1 Å². The van der Waals surface area contributed by atoms with Crippen molar-refractivity contribution in [2.75, 3.05) is 7.11 Å². The lowest BCUT2D eigenvalue weighted by molar-refractivity contribution is 0.0699. The van der Waals surface area contributed by atoms with Gasteiger partial charge in [-0.25, -0.2) is 14.8 Å². The summed E-state index contributed by atoms with van der Waals surface area (Å²) in [5.74, 6) is -0.287. The fourth-order valence-electron chi connectivity index (χ4n) is 2.89. The molecule has 0 aliphatic heterocycles. The Morgan fingerprint density at radius 1 is 1.04 bits per heavy atom. The van der Waals surface area contributed by atoms with E-state index < -0.39 is 5.97 Å². The number of fused-ring (bicyclic) bond motifs is 1. The van der Waals surface area contributed by atoms with E-state index in [-0.39, 0.29) is 11.3 Å². The lowest BCUT2D eigenvalue weighted by Crippen LogP contribution is -2.00. The molecule has 0 radical (unpaired) electrons. The van der Waals surface area contributed by atoms with Crippen LogP contribution in [0.1, 0.15) is 10.4 Å². The topological polar surface area (TPSA) is 108 Å². The average molecular weight is 361 g/mol. The number of aromatic nitrogens is 3. The third-order valence-electron chi connectivity index (χ3n) is 4.21. The molecule has 4 rings (SSSR count). The molecule has 7 nitrogen and oxygen atoms in total. The van der Waals surface area contributed by atoms with E-state index in [1.165, 1.54) is 19.2 Å². The van der Waals surface area contributed by atoms with E-state index in [2.05, 4.69) is 15.0 Å². The van der Waals surface area contributed by atoms with Crippen LogP contribution in [0.2, 0.25) is 0 Å². The number of imidazole rings is 1. The number of pyridine rings is 1. The Hall–Kier alpha value is -3.87. The minimum Gasteiger partial charge on any atom is -0.504 e. The molecule has 27 heavy (non-hydrogen) atoms. The molecule has 3 N–H and O–H groups in total. The second-order valence-electron chi connectivity index (χ2n) is 5.90. The number of hydrogen-bond donors (Lipinski definition) is 3. The fraction of sp³-hybridized carbons (Fsp3) is 0.0500. The van der Waals surface area contributed by atoms with E-state index in [1.807, 2.05) is 30.3 Å². The molecule has 0 unspecified atom stereocenters. The van der Waals surface area contributed by atoms with Crippen molar-refractivity contribution in [2.24, 2.45) is 0 Å². The maximum absolute atomic E-state index is 11.8. The molecule has 0 fully saturated rings. The van der Waals surface area contributed by atoms with Crippen LogP contribution in [0.15, 0.2) is 54.6 Å². The molecule has 0 saturated carbocycles. The second kappa shape index (κ2) is 6.45. The Labute approximate surface area is 153 Å². The summed E-state index contributed by atoms with van der Waals surface area (Å²) >= 11 is 0. The minimum atomic E-state index is -1.09. The van der Waals surface area contributed by atoms with Crippen molar-refractivity contribution >= 4 is 17.1 Å². The van der Waals surface area contributed by atoms with Crippen LogP contribution in [-0.2, 0) is 0 Å². The number of H-pyrrole nitrogens is 1. The number of ether oxygens (including phenoxy) is 1. The Bertz CT molecular complexity index is 1150. The Morgan fingerprint density at radius 3 is 2.48 bits per heavy atom. The Morgan fingerprint density at radius 2 is 1.81 bits per heavy atom. The first-order valence-electron chi connectivity index (χ1n) is 8.13. The highest BCUT2D eigenvalue weighted by Crippen LogP contribution is 2.32. The molecule has 2 aromatic heterocycles. The number of phenols is 1. The summed E-state index contributed by atoms with van der Waals surface area (Å²) in [5.41, 5.74) is 2.48. The Balaban J connectivity index is 1.90. The largest absolute Gasteiger partial charge is 0.504 e. The second-order valence-corrected chi connectivity index (χ2v) is 5.90. The first-order valence-corrected chi connectivity index (χ1v) is 8.13. The van der Waals surface area contributed by atoms with E-state index in [0.717, 1.165) is 5.56 Å². The maximum Gasteiger partial charge on any atom is 0.338 e. The molecule has 7 heteroatoms. The number of carboxylic acids is 1. The van der Waals surface area contributed by atoms with Crippen molar-refractivity contribution < 1.29 is 19.7 Å². The van der Waals surface area contributed by atoms with Crippen LogP contribution in [0.25, 0.3) is 33.8 Å². The van der Waals surface area contributed by atoms with Gasteiger partial charge in [-0.05, 0) is 24.3 Å². The number of phenolic OH excluding ortho intramolecular Hbond substituents is 1. The number of nitrogens with zero attached hydrogens (tertiary/aromatic N) is 2. The number of benzene rings is 2. The highest BCUT2D eigenvalue weighted by Gasteiger charge is 2.18. The van der Waals surface area contributed by atoms with Crippen LogP contribution in [0.3, 0.4) is 0 Å². The van der Waals surface area contributed by atoms with Crippen molar-refractivity contribution in [3.8, 4) is 34.1 Å². The average Bonchev–Trinajstić information content (AvgIpc) is 3.11. The molecule has 2 heterocycles. The minimum absolute atomic E-state index is 0.0548. The van der Waals surface area contributed by atoms with E-state index in [1.54, 1.807) is 12.1 Å². The van der Waals surface area contributed by atoms with E-state index in [9.17, 15) is 15.0 Å². The van der Waals surface area contributed by atoms with Gasteiger partial charge in [-0.1, -0.05) is 30.3 Å². The van der Waals surface area contributed by atoms with Crippen molar-refractivity contribution in [1.29, 1.82) is 0 Å². The lowest BCUT2D eigenvalue weighted by atomic mass is 10.1. The molecule has 0 bridgehead atoms. The van der Waals surface area contributed by atoms with Gasteiger partial charge in [0.2, 0.25) is 0 Å². The molecular formula is C20H15N3O4. The summed E-state index contributed by atoms with van der Waals surface area (Å²) in [5, 5.41) is 19.6. The highest BCUT2D eigenvalue weighted by molar-refractivity contribution is 6.02. The quantitative estimate of drug-likeness (QED) is 0.511. The number of carbonyl (C=O) groups is 1. The maximum atomic E-state index is 11.8. The van der Waals surface area contributed by atoms with Crippen LogP contribution in [0.4, 0.5) is 0 Å². The number of nitrogens with one attached hydrogen (secondary N) is 1. The monoisotopic (exact) mass is 361 g/mol. The summed E-state index contributed by atoms with van der Waals surface area (Å²) in [4.78, 5) is 23.7. The van der Waals surface area contributed by atoms with E-state index in [0.29, 0.717) is 34.0 Å². The SMILES string of the molecule is COc1ccc(-c2cc(C(=O)O)c3[nH]c(-c4ccccc4)nc3n2)cc1O. The summed E-state index contributed by atoms with van der Waals surface area (Å²) in [7, 11) is 1.45. The zero-order valence-corrected chi connectivity index (χ0v) is 14.3. The molecule has 134 valence electrons. The number of aromatic carboxylic acids is 1. The number of aromatic hydroxyl groups is 1. The third kappa shape index (κ3) is 2.95. The van der Waals surface area contributed by atoms with Crippen molar-refractivity contribution in [3.63, 3.8) is 0 Å². The van der Waals surface area contributed by atoms with Crippen LogP contribution in [0, 0.1) is 0 Å². The van der Waals surface area contributed by atoms with Gasteiger partial charge in [-0.3, -0.25) is 0 Å². The van der Waals surface area contributed by atoms with E-state index in [4.69, 9.17) is 4.74 Å². The molecule has 0 spiro atoms. The molecule has 0 saturated heterocycles. The highest BCUT2D eigenvalue weighted by atomic mass is 16.5. The zero-order valence-electron chi connectivity index (χ0n) is 14.3. The molecule has 0 atom stereocenters. The number of aromatic amines is 1. The Kier molecular flexibility index (Phi) is 3.97. The first-order chi connectivity index (χ1) is 13.1. The summed E-state index contributed by atoms with van der Waals surface area (Å²) in [6.07, 6.45) is 0. The van der Waals surface area contributed by atoms with Gasteiger partial charge in [0.05, 0.1) is 23.9 Å². The van der Waals surface area contributed by atoms with Crippen molar-refractivity contribution in [1.82, 2.24) is 15.0 Å². The van der Waals surface area contributed by atoms with Gasteiger partial charge >= 0.3 is 5.97 Å². The molecule has 2 aromatic carbocycles. The molecule has 0 aliphatic rings.